The molecule has 33 heavy (non-hydrogen) atoms. The lowest BCUT2D eigenvalue weighted by Crippen LogP contribution is -2.42. The first-order chi connectivity index (χ1) is 16.1. The number of thiophene rings is 1. The van der Waals surface area contributed by atoms with Gasteiger partial charge in [-0.2, -0.15) is 0 Å². The Hall–Kier alpha value is -3.42. The smallest absolute Gasteiger partial charge is 0.271 e. The van der Waals surface area contributed by atoms with Crippen LogP contribution in [0.4, 0.5) is 0 Å². The molecular weight excluding hydrogens is 434 g/mol. The van der Waals surface area contributed by atoms with Crippen molar-refractivity contribution < 1.29 is 14.6 Å². The van der Waals surface area contributed by atoms with E-state index >= 15 is 0 Å². The predicted molar refractivity (Wildman–Crippen MR) is 130 cm³/mol. The topological polar surface area (TPSA) is 87.2 Å². The van der Waals surface area contributed by atoms with Gasteiger partial charge >= 0.3 is 0 Å². The number of hydrogen-bond donors (Lipinski definition) is 3. The molecule has 2 aromatic heterocycles. The zero-order valence-electron chi connectivity index (χ0n) is 18.4. The zero-order chi connectivity index (χ0) is 23.0. The summed E-state index contributed by atoms with van der Waals surface area (Å²) in [6, 6.07) is 20.1. The fourth-order valence-corrected chi connectivity index (χ4v) is 4.33. The Morgan fingerprint density at radius 1 is 1.15 bits per heavy atom. The second kappa shape index (κ2) is 10.9. The number of imidazole rings is 1. The van der Waals surface area contributed by atoms with Crippen LogP contribution in [-0.4, -0.2) is 33.1 Å². The number of aliphatic hydroxyl groups excluding tert-OH is 1. The summed E-state index contributed by atoms with van der Waals surface area (Å²) in [6.45, 7) is 2.15. The third-order valence-electron chi connectivity index (χ3n) is 5.48. The van der Waals surface area contributed by atoms with Crippen LogP contribution in [0.5, 0.6) is 5.75 Å². The van der Waals surface area contributed by atoms with Crippen molar-refractivity contribution >= 4 is 17.2 Å². The van der Waals surface area contributed by atoms with Gasteiger partial charge in [0, 0.05) is 11.1 Å². The molecular formula is C26H27N3O3S. The molecule has 0 saturated carbocycles. The SMILES string of the molecule is C[C@H](O)[C@@H](CCc1ccccc1OCc1ccc(-c2cccs2)cc1)NC(=O)c1c[nH]cn1. The van der Waals surface area contributed by atoms with Gasteiger partial charge < -0.3 is 20.1 Å². The van der Waals surface area contributed by atoms with Crippen LogP contribution in [0.2, 0.25) is 0 Å². The highest BCUT2D eigenvalue weighted by molar-refractivity contribution is 7.13. The monoisotopic (exact) mass is 461 g/mol. The first-order valence-electron chi connectivity index (χ1n) is 10.9. The first kappa shape index (κ1) is 22.8. The van der Waals surface area contributed by atoms with Crippen molar-refractivity contribution in [2.24, 2.45) is 0 Å². The molecule has 4 aromatic rings. The Morgan fingerprint density at radius 3 is 2.67 bits per heavy atom. The number of carbonyl (C=O) groups excluding carboxylic acids is 1. The van der Waals surface area contributed by atoms with Gasteiger partial charge in [-0.3, -0.25) is 4.79 Å². The Kier molecular flexibility index (Phi) is 7.55. The molecule has 0 radical (unpaired) electrons. The number of amides is 1. The summed E-state index contributed by atoms with van der Waals surface area (Å²) in [6.07, 6.45) is 3.52. The molecule has 0 unspecified atom stereocenters. The summed E-state index contributed by atoms with van der Waals surface area (Å²) in [5, 5.41) is 15.1. The van der Waals surface area contributed by atoms with Crippen molar-refractivity contribution in [2.75, 3.05) is 0 Å². The third-order valence-corrected chi connectivity index (χ3v) is 6.40. The summed E-state index contributed by atoms with van der Waals surface area (Å²) >= 11 is 1.73. The maximum Gasteiger partial charge on any atom is 0.271 e. The fourth-order valence-electron chi connectivity index (χ4n) is 3.59. The van der Waals surface area contributed by atoms with E-state index < -0.39 is 12.1 Å². The number of hydrogen-bond acceptors (Lipinski definition) is 5. The minimum atomic E-state index is -0.692. The van der Waals surface area contributed by atoms with Crippen molar-refractivity contribution in [2.45, 2.75) is 38.5 Å². The summed E-state index contributed by atoms with van der Waals surface area (Å²) in [4.78, 5) is 20.3. The Bertz CT molecular complexity index is 1140. The summed E-state index contributed by atoms with van der Waals surface area (Å²) in [7, 11) is 0. The highest BCUT2D eigenvalue weighted by atomic mass is 32.1. The normalized spacial score (nSPS) is 12.8. The van der Waals surface area contributed by atoms with Crippen LogP contribution in [-0.2, 0) is 13.0 Å². The van der Waals surface area contributed by atoms with Gasteiger partial charge in [-0.25, -0.2) is 4.98 Å². The van der Waals surface area contributed by atoms with E-state index in [9.17, 15) is 9.90 Å². The van der Waals surface area contributed by atoms with E-state index in [0.29, 0.717) is 25.1 Å². The first-order valence-corrected chi connectivity index (χ1v) is 11.8. The number of aryl methyl sites for hydroxylation is 1. The third kappa shape index (κ3) is 6.09. The zero-order valence-corrected chi connectivity index (χ0v) is 19.2. The molecule has 0 spiro atoms. The van der Waals surface area contributed by atoms with Gasteiger partial charge in [0.25, 0.3) is 5.91 Å². The Labute approximate surface area is 197 Å². The van der Waals surface area contributed by atoms with E-state index in [-0.39, 0.29) is 5.91 Å². The maximum atomic E-state index is 12.3. The molecule has 6 nitrogen and oxygen atoms in total. The van der Waals surface area contributed by atoms with Crippen LogP contribution in [0.1, 0.15) is 35.0 Å². The van der Waals surface area contributed by atoms with Crippen LogP contribution in [0.25, 0.3) is 10.4 Å². The predicted octanol–water partition coefficient (Wildman–Crippen LogP) is 4.83. The van der Waals surface area contributed by atoms with Gasteiger partial charge in [-0.1, -0.05) is 48.5 Å². The summed E-state index contributed by atoms with van der Waals surface area (Å²) in [5.41, 5.74) is 3.63. The number of rotatable bonds is 10. The van der Waals surface area contributed by atoms with Gasteiger partial charge in [0.1, 0.15) is 18.1 Å². The highest BCUT2D eigenvalue weighted by Crippen LogP contribution is 2.26. The number of aromatic nitrogens is 2. The molecule has 170 valence electrons. The van der Waals surface area contributed by atoms with Gasteiger partial charge in [0.2, 0.25) is 0 Å². The molecule has 0 aliphatic carbocycles. The number of H-pyrrole nitrogens is 1. The lowest BCUT2D eigenvalue weighted by Gasteiger charge is -2.21. The van der Waals surface area contributed by atoms with Gasteiger partial charge in [0.05, 0.1) is 18.5 Å². The van der Waals surface area contributed by atoms with E-state index in [4.69, 9.17) is 4.74 Å². The fraction of sp³-hybridized carbons (Fsp3) is 0.231. The number of nitrogens with zero attached hydrogens (tertiary/aromatic N) is 1. The van der Waals surface area contributed by atoms with Crippen molar-refractivity contribution in [1.82, 2.24) is 15.3 Å². The van der Waals surface area contributed by atoms with Crippen LogP contribution in [0.15, 0.2) is 78.6 Å². The molecule has 0 aliphatic rings. The van der Waals surface area contributed by atoms with Crippen LogP contribution >= 0.6 is 11.3 Å². The number of para-hydroxylation sites is 1. The molecule has 0 bridgehead atoms. The van der Waals surface area contributed by atoms with E-state index in [1.165, 1.54) is 23.0 Å². The van der Waals surface area contributed by atoms with Crippen LogP contribution in [0.3, 0.4) is 0 Å². The lowest BCUT2D eigenvalue weighted by atomic mass is 10.0. The van der Waals surface area contributed by atoms with Gasteiger partial charge in [0.15, 0.2) is 0 Å². The minimum Gasteiger partial charge on any atom is -0.489 e. The van der Waals surface area contributed by atoms with E-state index in [2.05, 4.69) is 57.1 Å². The van der Waals surface area contributed by atoms with Crippen LogP contribution < -0.4 is 10.1 Å². The van der Waals surface area contributed by atoms with Crippen molar-refractivity contribution in [1.29, 1.82) is 0 Å². The summed E-state index contributed by atoms with van der Waals surface area (Å²) < 4.78 is 6.13. The van der Waals surface area contributed by atoms with Crippen molar-refractivity contribution in [3.8, 4) is 16.2 Å². The van der Waals surface area contributed by atoms with Gasteiger partial charge in [-0.05, 0) is 54.0 Å². The average Bonchev–Trinajstić information content (AvgIpc) is 3.56. The molecule has 1 amide bonds. The second-order valence-electron chi connectivity index (χ2n) is 7.88. The molecule has 2 atom stereocenters. The Morgan fingerprint density at radius 2 is 1.97 bits per heavy atom. The number of nitrogens with one attached hydrogen (secondary N) is 2. The van der Waals surface area contributed by atoms with Crippen molar-refractivity contribution in [3.05, 3.63) is 95.4 Å². The van der Waals surface area contributed by atoms with E-state index in [1.54, 1.807) is 18.3 Å². The molecule has 3 N–H and O–H groups in total. The highest BCUT2D eigenvalue weighted by Gasteiger charge is 2.20. The van der Waals surface area contributed by atoms with Gasteiger partial charge in [-0.15, -0.1) is 11.3 Å². The molecule has 0 saturated heterocycles. The number of benzene rings is 2. The number of carbonyl (C=O) groups is 1. The molecule has 2 aromatic carbocycles. The minimum absolute atomic E-state index is 0.300. The molecule has 4 rings (SSSR count). The Balaban J connectivity index is 1.36. The number of ether oxygens (including phenoxy) is 1. The molecule has 7 heteroatoms. The standard InChI is InChI=1S/C26H27N3O3S/c1-18(30)22(29-26(31)23-15-27-17-28-23)13-12-20-5-2-3-6-24(20)32-16-19-8-10-21(11-9-19)25-7-4-14-33-25/h2-11,14-15,17-18,22,30H,12-13,16H2,1H3,(H,27,28)(H,29,31)/t18-,22+/m0/s1. The lowest BCUT2D eigenvalue weighted by molar-refractivity contribution is 0.0846. The maximum absolute atomic E-state index is 12.3. The van der Waals surface area contributed by atoms with Crippen LogP contribution in [0, 0.1) is 0 Å². The quantitative estimate of drug-likeness (QED) is 0.316. The summed E-state index contributed by atoms with van der Waals surface area (Å²) in [5.74, 6) is 0.500. The largest absolute Gasteiger partial charge is 0.489 e. The number of aromatic amines is 1. The average molecular weight is 462 g/mol. The number of aliphatic hydroxyl groups is 1. The molecule has 2 heterocycles. The van der Waals surface area contributed by atoms with Crippen molar-refractivity contribution in [3.63, 3.8) is 0 Å². The molecule has 0 fully saturated rings. The van der Waals surface area contributed by atoms with E-state index in [0.717, 1.165) is 16.9 Å². The second-order valence-corrected chi connectivity index (χ2v) is 8.83. The molecule has 0 aliphatic heterocycles. The van der Waals surface area contributed by atoms with E-state index in [1.807, 2.05) is 24.3 Å².